The van der Waals surface area contributed by atoms with E-state index >= 15 is 0 Å². The molecule has 0 unspecified atom stereocenters. The van der Waals surface area contributed by atoms with Gasteiger partial charge in [-0.3, -0.25) is 4.72 Å². The molecule has 1 N–H and O–H groups in total. The summed E-state index contributed by atoms with van der Waals surface area (Å²) in [5.74, 6) is -0.568. The Morgan fingerprint density at radius 1 is 1.08 bits per heavy atom. The fraction of sp³-hybridized carbons (Fsp3) is 0.250. The minimum Gasteiger partial charge on any atom is -0.369 e. The number of rotatable bonds is 4. The lowest BCUT2D eigenvalue weighted by atomic mass is 10.2. The largest absolute Gasteiger partial charge is 0.369 e. The summed E-state index contributed by atoms with van der Waals surface area (Å²) in [4.78, 5) is 1.73. The van der Waals surface area contributed by atoms with Gasteiger partial charge < -0.3 is 4.90 Å². The second-order valence-electron chi connectivity index (χ2n) is 5.87. The number of benzene rings is 2. The van der Waals surface area contributed by atoms with Gasteiger partial charge in [0, 0.05) is 18.8 Å². The van der Waals surface area contributed by atoms with E-state index < -0.39 is 25.7 Å². The minimum absolute atomic E-state index is 0.0665. The van der Waals surface area contributed by atoms with Gasteiger partial charge in [-0.05, 0) is 36.4 Å². The molecule has 1 heterocycles. The van der Waals surface area contributed by atoms with Crippen LogP contribution in [0, 0.1) is 5.82 Å². The van der Waals surface area contributed by atoms with Crippen LogP contribution in [0.4, 0.5) is 15.8 Å². The quantitative estimate of drug-likeness (QED) is 0.824. The van der Waals surface area contributed by atoms with Crippen LogP contribution in [0.3, 0.4) is 0 Å². The van der Waals surface area contributed by atoms with E-state index in [1.807, 2.05) is 4.90 Å². The summed E-state index contributed by atoms with van der Waals surface area (Å²) in [5, 5.41) is -0.281. The molecule has 140 valence electrons. The standard InChI is InChI=1S/C16H16ClFN2O4S2/c17-15-11-14(4-5-16(15)18)26(23,24)19-12-2-1-3-13(10-12)20-6-8-25(21,22)9-7-20/h1-5,10-11,19H,6-9H2. The van der Waals surface area contributed by atoms with Crippen LogP contribution in [0.1, 0.15) is 0 Å². The summed E-state index contributed by atoms with van der Waals surface area (Å²) >= 11 is 5.65. The maximum atomic E-state index is 13.2. The molecule has 1 aliphatic rings. The Morgan fingerprint density at radius 3 is 2.42 bits per heavy atom. The summed E-state index contributed by atoms with van der Waals surface area (Å²) < 4.78 is 63.6. The normalized spacial score (nSPS) is 17.1. The lowest BCUT2D eigenvalue weighted by Crippen LogP contribution is -2.40. The number of sulfonamides is 1. The van der Waals surface area contributed by atoms with E-state index in [2.05, 4.69) is 4.72 Å². The van der Waals surface area contributed by atoms with Crippen LogP contribution < -0.4 is 9.62 Å². The van der Waals surface area contributed by atoms with E-state index in [9.17, 15) is 21.2 Å². The maximum Gasteiger partial charge on any atom is 0.261 e. The zero-order valence-corrected chi connectivity index (χ0v) is 15.9. The molecule has 10 heteroatoms. The van der Waals surface area contributed by atoms with Crippen LogP contribution >= 0.6 is 11.6 Å². The summed E-state index contributed by atoms with van der Waals surface area (Å²) in [6.07, 6.45) is 0. The first-order chi connectivity index (χ1) is 12.2. The van der Waals surface area contributed by atoms with Crippen molar-refractivity contribution in [3.05, 3.63) is 53.3 Å². The third kappa shape index (κ3) is 4.28. The average Bonchev–Trinajstić information content (AvgIpc) is 2.57. The van der Waals surface area contributed by atoms with Crippen molar-refractivity contribution in [2.75, 3.05) is 34.2 Å². The van der Waals surface area contributed by atoms with Gasteiger partial charge >= 0.3 is 0 Å². The second-order valence-corrected chi connectivity index (χ2v) is 10.3. The van der Waals surface area contributed by atoms with Crippen LogP contribution in [-0.4, -0.2) is 41.4 Å². The zero-order valence-electron chi connectivity index (χ0n) is 13.5. The van der Waals surface area contributed by atoms with E-state index in [1.165, 1.54) is 0 Å². The molecule has 2 aromatic rings. The molecule has 0 radical (unpaired) electrons. The van der Waals surface area contributed by atoms with Crippen molar-refractivity contribution in [2.45, 2.75) is 4.90 Å². The number of nitrogens with one attached hydrogen (secondary N) is 1. The van der Waals surface area contributed by atoms with Gasteiger partial charge in [-0.1, -0.05) is 17.7 Å². The van der Waals surface area contributed by atoms with Gasteiger partial charge in [0.15, 0.2) is 9.84 Å². The topological polar surface area (TPSA) is 83.6 Å². The maximum absolute atomic E-state index is 13.2. The van der Waals surface area contributed by atoms with Crippen molar-refractivity contribution in [3.8, 4) is 0 Å². The molecule has 0 atom stereocenters. The number of halogens is 2. The van der Waals surface area contributed by atoms with Gasteiger partial charge in [-0.15, -0.1) is 0 Å². The molecule has 1 saturated heterocycles. The van der Waals surface area contributed by atoms with E-state index in [0.29, 0.717) is 18.8 Å². The molecule has 26 heavy (non-hydrogen) atoms. The van der Waals surface area contributed by atoms with Gasteiger partial charge in [0.25, 0.3) is 10.0 Å². The van der Waals surface area contributed by atoms with E-state index in [4.69, 9.17) is 11.6 Å². The van der Waals surface area contributed by atoms with E-state index in [-0.39, 0.29) is 21.4 Å². The fourth-order valence-corrected chi connectivity index (χ4v) is 5.12. The number of hydrogen-bond acceptors (Lipinski definition) is 5. The number of hydrogen-bond donors (Lipinski definition) is 1. The van der Waals surface area contributed by atoms with E-state index in [0.717, 1.165) is 23.9 Å². The average molecular weight is 419 g/mol. The Morgan fingerprint density at radius 2 is 1.77 bits per heavy atom. The third-order valence-corrected chi connectivity index (χ3v) is 7.29. The molecule has 0 spiro atoms. The zero-order chi connectivity index (χ0) is 18.9. The molecular formula is C16H16ClFN2O4S2. The molecule has 0 bridgehead atoms. The second kappa shape index (κ2) is 7.05. The number of nitrogens with zero attached hydrogens (tertiary/aromatic N) is 1. The van der Waals surface area contributed by atoms with Gasteiger partial charge in [-0.2, -0.15) is 0 Å². The first-order valence-electron chi connectivity index (χ1n) is 7.70. The summed E-state index contributed by atoms with van der Waals surface area (Å²) in [6.45, 7) is 0.707. The first-order valence-corrected chi connectivity index (χ1v) is 11.4. The molecule has 0 saturated carbocycles. The molecule has 2 aromatic carbocycles. The van der Waals surface area contributed by atoms with Gasteiger partial charge in [0.05, 0.1) is 27.1 Å². The molecule has 6 nitrogen and oxygen atoms in total. The minimum atomic E-state index is -3.93. The number of sulfone groups is 1. The van der Waals surface area contributed by atoms with Gasteiger partial charge in [0.1, 0.15) is 5.82 Å². The van der Waals surface area contributed by atoms with Crippen molar-refractivity contribution < 1.29 is 21.2 Å². The molecule has 0 aliphatic carbocycles. The summed E-state index contributed by atoms with van der Waals surface area (Å²) in [5.41, 5.74) is 1.04. The van der Waals surface area contributed by atoms with Crippen molar-refractivity contribution in [1.82, 2.24) is 0 Å². The molecular weight excluding hydrogens is 403 g/mol. The van der Waals surface area contributed by atoms with Crippen LogP contribution in [0.15, 0.2) is 47.4 Å². The van der Waals surface area contributed by atoms with Crippen molar-refractivity contribution in [1.29, 1.82) is 0 Å². The Hall–Kier alpha value is -1.84. The summed E-state index contributed by atoms with van der Waals surface area (Å²) in [7, 11) is -6.94. The van der Waals surface area contributed by atoms with E-state index in [1.54, 1.807) is 24.3 Å². The van der Waals surface area contributed by atoms with Crippen molar-refractivity contribution in [2.24, 2.45) is 0 Å². The van der Waals surface area contributed by atoms with Crippen molar-refractivity contribution >= 4 is 42.8 Å². The molecule has 1 fully saturated rings. The predicted octanol–water partition coefficient (Wildman–Crippen LogP) is 2.51. The molecule has 1 aliphatic heterocycles. The van der Waals surface area contributed by atoms with Crippen LogP contribution in [0.2, 0.25) is 5.02 Å². The van der Waals surface area contributed by atoms with Crippen LogP contribution in [0.25, 0.3) is 0 Å². The van der Waals surface area contributed by atoms with Gasteiger partial charge in [-0.25, -0.2) is 21.2 Å². The third-order valence-electron chi connectivity index (χ3n) is 4.01. The monoisotopic (exact) mass is 418 g/mol. The fourth-order valence-electron chi connectivity index (χ4n) is 2.59. The SMILES string of the molecule is O=S1(=O)CCN(c2cccc(NS(=O)(=O)c3ccc(F)c(Cl)c3)c2)CC1. The molecule has 0 amide bonds. The number of anilines is 2. The molecule has 0 aromatic heterocycles. The Labute approximate surface area is 156 Å². The lowest BCUT2D eigenvalue weighted by molar-refractivity contribution is 0.586. The highest BCUT2D eigenvalue weighted by atomic mass is 35.5. The Bertz CT molecular complexity index is 1030. The smallest absolute Gasteiger partial charge is 0.261 e. The summed E-state index contributed by atoms with van der Waals surface area (Å²) in [6, 6.07) is 9.81. The predicted molar refractivity (Wildman–Crippen MR) is 99.5 cm³/mol. The van der Waals surface area contributed by atoms with Gasteiger partial charge in [0.2, 0.25) is 0 Å². The lowest BCUT2D eigenvalue weighted by Gasteiger charge is -2.29. The first kappa shape index (κ1) is 18.9. The Kier molecular flexibility index (Phi) is 5.14. The highest BCUT2D eigenvalue weighted by molar-refractivity contribution is 7.92. The van der Waals surface area contributed by atoms with Crippen LogP contribution in [-0.2, 0) is 19.9 Å². The Balaban J connectivity index is 1.81. The molecule has 3 rings (SSSR count). The highest BCUT2D eigenvalue weighted by Gasteiger charge is 2.22. The van der Waals surface area contributed by atoms with Crippen molar-refractivity contribution in [3.63, 3.8) is 0 Å². The van der Waals surface area contributed by atoms with Crippen LogP contribution in [0.5, 0.6) is 0 Å². The highest BCUT2D eigenvalue weighted by Crippen LogP contribution is 2.25.